The van der Waals surface area contributed by atoms with Crippen LogP contribution in [0.3, 0.4) is 0 Å². The fourth-order valence-electron chi connectivity index (χ4n) is 4.21. The van der Waals surface area contributed by atoms with Crippen LogP contribution < -0.4 is 14.2 Å². The molecule has 6 heteroatoms. The van der Waals surface area contributed by atoms with Crippen LogP contribution in [-0.2, 0) is 16.8 Å². The van der Waals surface area contributed by atoms with Crippen molar-refractivity contribution in [1.82, 2.24) is 4.90 Å². The lowest BCUT2D eigenvalue weighted by Crippen LogP contribution is -2.47. The number of esters is 1. The fourth-order valence-corrected chi connectivity index (χ4v) is 4.21. The average Bonchev–Trinajstić information content (AvgIpc) is 2.89. The van der Waals surface area contributed by atoms with E-state index in [-0.39, 0.29) is 6.61 Å². The van der Waals surface area contributed by atoms with Crippen LogP contribution in [0.15, 0.2) is 72.8 Å². The molecule has 34 heavy (non-hydrogen) atoms. The maximum atomic E-state index is 13.2. The van der Waals surface area contributed by atoms with E-state index in [0.717, 1.165) is 12.0 Å². The minimum Gasteiger partial charge on any atom is -0.493 e. The van der Waals surface area contributed by atoms with Crippen molar-refractivity contribution in [3.8, 4) is 17.2 Å². The van der Waals surface area contributed by atoms with Gasteiger partial charge in [0.15, 0.2) is 11.5 Å². The summed E-state index contributed by atoms with van der Waals surface area (Å²) < 4.78 is 22.1. The van der Waals surface area contributed by atoms with Gasteiger partial charge in [0.25, 0.3) is 0 Å². The van der Waals surface area contributed by atoms with E-state index < -0.39 is 11.5 Å². The first-order valence-corrected chi connectivity index (χ1v) is 11.3. The molecule has 1 atom stereocenters. The predicted molar refractivity (Wildman–Crippen MR) is 133 cm³/mol. The van der Waals surface area contributed by atoms with E-state index in [9.17, 15) is 4.79 Å². The third-order valence-electron chi connectivity index (χ3n) is 6.23. The predicted octanol–water partition coefficient (Wildman–Crippen LogP) is 5.31. The molecular weight excluding hydrogens is 430 g/mol. The van der Waals surface area contributed by atoms with Gasteiger partial charge < -0.3 is 18.9 Å². The van der Waals surface area contributed by atoms with Gasteiger partial charge >= 0.3 is 5.97 Å². The van der Waals surface area contributed by atoms with Crippen molar-refractivity contribution in [3.05, 3.63) is 89.5 Å². The van der Waals surface area contributed by atoms with E-state index in [1.807, 2.05) is 36.4 Å². The van der Waals surface area contributed by atoms with Crippen LogP contribution in [0.1, 0.15) is 34.8 Å². The highest BCUT2D eigenvalue weighted by Crippen LogP contribution is 2.39. The zero-order valence-corrected chi connectivity index (χ0v) is 20.5. The van der Waals surface area contributed by atoms with Gasteiger partial charge in [-0.15, -0.1) is 0 Å². The van der Waals surface area contributed by atoms with Gasteiger partial charge in [0, 0.05) is 6.54 Å². The zero-order valence-electron chi connectivity index (χ0n) is 20.5. The number of hydrogen-bond acceptors (Lipinski definition) is 6. The van der Waals surface area contributed by atoms with Crippen molar-refractivity contribution in [3.63, 3.8) is 0 Å². The second kappa shape index (κ2) is 11.6. The maximum absolute atomic E-state index is 13.2. The second-order valence-corrected chi connectivity index (χ2v) is 8.08. The summed E-state index contributed by atoms with van der Waals surface area (Å²) in [7, 11) is 6.62. The number of hydrogen-bond donors (Lipinski definition) is 0. The Morgan fingerprint density at radius 3 is 1.91 bits per heavy atom. The number of carbonyl (C=O) groups excluding carboxylic acids is 1. The number of ether oxygens (including phenoxy) is 4. The third kappa shape index (κ3) is 5.34. The van der Waals surface area contributed by atoms with Crippen LogP contribution >= 0.6 is 0 Å². The SMILES string of the molecule is CCC(COC(=O)c1cc(OC)c(OC)c(OC)c1)(c1ccccc1)N(C)Cc1ccccc1. The maximum Gasteiger partial charge on any atom is 0.338 e. The summed E-state index contributed by atoms with van der Waals surface area (Å²) in [6.45, 7) is 3.01. The van der Waals surface area contributed by atoms with E-state index >= 15 is 0 Å². The van der Waals surface area contributed by atoms with Crippen molar-refractivity contribution < 1.29 is 23.7 Å². The standard InChI is InChI=1S/C28H33NO5/c1-6-28(23-15-11-8-12-16-23,29(2)19-21-13-9-7-10-14-21)20-34-27(30)22-17-24(31-3)26(33-5)25(18-22)32-4/h7-18H,6,19-20H2,1-5H3. The molecule has 6 nitrogen and oxygen atoms in total. The highest BCUT2D eigenvalue weighted by Gasteiger charge is 2.36. The summed E-state index contributed by atoms with van der Waals surface area (Å²) in [5.41, 5.74) is 2.11. The first-order valence-electron chi connectivity index (χ1n) is 11.3. The Hall–Kier alpha value is -3.51. The molecule has 3 aromatic rings. The Bertz CT molecular complexity index is 1050. The van der Waals surface area contributed by atoms with Gasteiger partial charge in [0.2, 0.25) is 5.75 Å². The molecule has 0 spiro atoms. The lowest BCUT2D eigenvalue weighted by molar-refractivity contribution is 0.000985. The van der Waals surface area contributed by atoms with Gasteiger partial charge in [-0.2, -0.15) is 0 Å². The zero-order chi connectivity index (χ0) is 24.6. The van der Waals surface area contributed by atoms with Crippen LogP contribution in [0.2, 0.25) is 0 Å². The number of rotatable bonds is 11. The van der Waals surface area contributed by atoms with E-state index in [1.54, 1.807) is 12.1 Å². The number of benzene rings is 3. The fraction of sp³-hybridized carbons (Fsp3) is 0.321. The van der Waals surface area contributed by atoms with Gasteiger partial charge in [0.05, 0.1) is 32.4 Å². The van der Waals surface area contributed by atoms with Crippen molar-refractivity contribution in [2.24, 2.45) is 0 Å². The molecule has 0 amide bonds. The molecule has 1 unspecified atom stereocenters. The summed E-state index contributed by atoms with van der Waals surface area (Å²) in [4.78, 5) is 15.4. The molecule has 3 aromatic carbocycles. The molecule has 0 aliphatic carbocycles. The molecule has 0 saturated heterocycles. The first kappa shape index (κ1) is 25.1. The Kier molecular flexibility index (Phi) is 8.55. The minimum absolute atomic E-state index is 0.187. The lowest BCUT2D eigenvalue weighted by Gasteiger charge is -2.41. The van der Waals surface area contributed by atoms with Gasteiger partial charge in [-0.3, -0.25) is 4.90 Å². The van der Waals surface area contributed by atoms with Crippen LogP contribution in [0.5, 0.6) is 17.2 Å². The molecule has 0 aromatic heterocycles. The number of likely N-dealkylation sites (N-methyl/N-ethyl adjacent to an activating group) is 1. The molecule has 0 saturated carbocycles. The molecule has 0 fully saturated rings. The van der Waals surface area contributed by atoms with Gasteiger partial charge in [0.1, 0.15) is 6.61 Å². The molecule has 180 valence electrons. The highest BCUT2D eigenvalue weighted by atomic mass is 16.5. The average molecular weight is 464 g/mol. The molecule has 0 bridgehead atoms. The molecule has 0 heterocycles. The Morgan fingerprint density at radius 2 is 1.41 bits per heavy atom. The number of carbonyl (C=O) groups is 1. The largest absolute Gasteiger partial charge is 0.493 e. The van der Waals surface area contributed by atoms with Crippen LogP contribution in [0, 0.1) is 0 Å². The Morgan fingerprint density at radius 1 is 0.853 bits per heavy atom. The quantitative estimate of drug-likeness (QED) is 0.360. The third-order valence-corrected chi connectivity index (χ3v) is 6.23. The minimum atomic E-state index is -0.507. The molecular formula is C28H33NO5. The van der Waals surface area contributed by atoms with Crippen LogP contribution in [-0.4, -0.2) is 45.9 Å². The van der Waals surface area contributed by atoms with Crippen LogP contribution in [0.4, 0.5) is 0 Å². The molecule has 0 aliphatic rings. The summed E-state index contributed by atoms with van der Waals surface area (Å²) in [6, 6.07) is 23.7. The van der Waals surface area contributed by atoms with Crippen molar-refractivity contribution in [2.45, 2.75) is 25.4 Å². The number of nitrogens with zero attached hydrogens (tertiary/aromatic N) is 1. The monoisotopic (exact) mass is 463 g/mol. The summed E-state index contributed by atoms with van der Waals surface area (Å²) >= 11 is 0. The van der Waals surface area contributed by atoms with Crippen LogP contribution in [0.25, 0.3) is 0 Å². The first-order chi connectivity index (χ1) is 16.5. The number of methoxy groups -OCH3 is 3. The molecule has 0 aliphatic heterocycles. The van der Waals surface area contributed by atoms with Gasteiger partial charge in [-0.1, -0.05) is 67.6 Å². The van der Waals surface area contributed by atoms with E-state index in [0.29, 0.717) is 29.4 Å². The molecule has 0 radical (unpaired) electrons. The Labute approximate surface area is 202 Å². The van der Waals surface area contributed by atoms with Crippen molar-refractivity contribution >= 4 is 5.97 Å². The smallest absolute Gasteiger partial charge is 0.338 e. The highest BCUT2D eigenvalue weighted by molar-refractivity contribution is 5.91. The topological polar surface area (TPSA) is 57.2 Å². The summed E-state index contributed by atoms with van der Waals surface area (Å²) in [5.74, 6) is 0.775. The molecule has 3 rings (SSSR count). The van der Waals surface area contributed by atoms with Gasteiger partial charge in [-0.05, 0) is 36.7 Å². The van der Waals surface area contributed by atoms with Crippen molar-refractivity contribution in [2.75, 3.05) is 35.0 Å². The summed E-state index contributed by atoms with van der Waals surface area (Å²) in [6.07, 6.45) is 0.753. The van der Waals surface area contributed by atoms with E-state index in [1.165, 1.54) is 26.9 Å². The second-order valence-electron chi connectivity index (χ2n) is 8.08. The summed E-state index contributed by atoms with van der Waals surface area (Å²) in [5, 5.41) is 0. The van der Waals surface area contributed by atoms with Gasteiger partial charge in [-0.25, -0.2) is 4.79 Å². The van der Waals surface area contributed by atoms with Crippen molar-refractivity contribution in [1.29, 1.82) is 0 Å². The van der Waals surface area contributed by atoms with E-state index in [2.05, 4.69) is 43.1 Å². The molecule has 0 N–H and O–H groups in total. The van der Waals surface area contributed by atoms with E-state index in [4.69, 9.17) is 18.9 Å². The normalized spacial score (nSPS) is 12.6. The lowest BCUT2D eigenvalue weighted by atomic mass is 9.86. The Balaban J connectivity index is 1.91.